The van der Waals surface area contributed by atoms with Crippen LogP contribution in [0.5, 0.6) is 0 Å². The van der Waals surface area contributed by atoms with E-state index in [1.165, 1.54) is 12.1 Å². The second kappa shape index (κ2) is 8.18. The molecule has 3 aromatic rings. The first-order valence-electron chi connectivity index (χ1n) is 10.4. The number of rotatable bonds is 5. The molecule has 1 aliphatic rings. The summed E-state index contributed by atoms with van der Waals surface area (Å²) in [5, 5.41) is -0.261. The summed E-state index contributed by atoms with van der Waals surface area (Å²) in [6.07, 6.45) is -5.00. The molecule has 1 fully saturated rings. The van der Waals surface area contributed by atoms with Crippen LogP contribution >= 0.6 is 0 Å². The summed E-state index contributed by atoms with van der Waals surface area (Å²) in [5.41, 5.74) is 7.72. The molecule has 0 radical (unpaired) electrons. The maximum absolute atomic E-state index is 14.5. The number of halogens is 4. The third kappa shape index (κ3) is 3.84. The average molecular weight is 465 g/mol. The lowest BCUT2D eigenvalue weighted by molar-refractivity contribution is -0.142. The van der Waals surface area contributed by atoms with Crippen molar-refractivity contribution in [1.29, 1.82) is 0 Å². The number of fused-ring (bicyclic) bond motifs is 1. The standard InChI is InChI=1S/C21H23F4N7O/c1-3-30(4-2)11-9-31(10-11)20-28-16-12(18(27)29-20)8-15(21(23,24)25)32(19(16)33)17-13(22)6-5-7-14(17)26/h5-8,11H,3-4,9-10,26H2,1-2H3,(H2,27,28,29). The maximum atomic E-state index is 14.5. The Kier molecular flexibility index (Phi) is 5.64. The molecule has 0 aliphatic carbocycles. The molecule has 2 aromatic heterocycles. The first kappa shape index (κ1) is 22.8. The molecular weight excluding hydrogens is 442 g/mol. The van der Waals surface area contributed by atoms with Crippen molar-refractivity contribution in [1.82, 2.24) is 19.4 Å². The third-order valence-corrected chi connectivity index (χ3v) is 5.90. The molecule has 0 amide bonds. The minimum absolute atomic E-state index is 0.133. The van der Waals surface area contributed by atoms with E-state index < -0.39 is 28.9 Å². The number of pyridine rings is 1. The summed E-state index contributed by atoms with van der Waals surface area (Å²) >= 11 is 0. The van der Waals surface area contributed by atoms with Gasteiger partial charge >= 0.3 is 6.18 Å². The van der Waals surface area contributed by atoms with Crippen molar-refractivity contribution in [2.75, 3.05) is 42.5 Å². The Morgan fingerprint density at radius 2 is 1.82 bits per heavy atom. The lowest BCUT2D eigenvalue weighted by atomic mass is 10.1. The van der Waals surface area contributed by atoms with Gasteiger partial charge in [0.2, 0.25) is 5.95 Å². The van der Waals surface area contributed by atoms with E-state index in [1.54, 1.807) is 4.90 Å². The van der Waals surface area contributed by atoms with Crippen molar-refractivity contribution in [3.05, 3.63) is 46.1 Å². The van der Waals surface area contributed by atoms with Gasteiger partial charge in [0.25, 0.3) is 5.56 Å². The number of hydrogen-bond acceptors (Lipinski definition) is 7. The summed E-state index contributed by atoms with van der Waals surface area (Å²) in [4.78, 5) is 25.7. The lowest BCUT2D eigenvalue weighted by Gasteiger charge is -2.44. The maximum Gasteiger partial charge on any atom is 0.431 e. The Balaban J connectivity index is 1.90. The topological polar surface area (TPSA) is 106 Å². The predicted octanol–water partition coefficient (Wildman–Crippen LogP) is 2.63. The van der Waals surface area contributed by atoms with Crippen LogP contribution in [-0.4, -0.2) is 51.7 Å². The summed E-state index contributed by atoms with van der Waals surface area (Å²) < 4.78 is 56.4. The first-order valence-corrected chi connectivity index (χ1v) is 10.4. The zero-order valence-electron chi connectivity index (χ0n) is 18.0. The Morgan fingerprint density at radius 3 is 2.39 bits per heavy atom. The van der Waals surface area contributed by atoms with E-state index in [1.807, 2.05) is 13.8 Å². The van der Waals surface area contributed by atoms with Gasteiger partial charge in [-0.15, -0.1) is 0 Å². The summed E-state index contributed by atoms with van der Waals surface area (Å²) in [6, 6.07) is 4.29. The van der Waals surface area contributed by atoms with Crippen molar-refractivity contribution >= 4 is 28.4 Å². The molecule has 0 bridgehead atoms. The molecule has 0 spiro atoms. The molecule has 0 saturated carbocycles. The highest BCUT2D eigenvalue weighted by atomic mass is 19.4. The van der Waals surface area contributed by atoms with Crippen molar-refractivity contribution < 1.29 is 17.6 Å². The van der Waals surface area contributed by atoms with Crippen LogP contribution in [0, 0.1) is 5.82 Å². The number of hydrogen-bond donors (Lipinski definition) is 2. The molecule has 1 aromatic carbocycles. The zero-order chi connectivity index (χ0) is 24.1. The Morgan fingerprint density at radius 1 is 1.15 bits per heavy atom. The van der Waals surface area contributed by atoms with Crippen molar-refractivity contribution in [2.24, 2.45) is 0 Å². The summed E-state index contributed by atoms with van der Waals surface area (Å²) in [7, 11) is 0. The van der Waals surface area contributed by atoms with Crippen molar-refractivity contribution in [3.8, 4) is 5.69 Å². The average Bonchev–Trinajstić information content (AvgIpc) is 2.71. The predicted molar refractivity (Wildman–Crippen MR) is 118 cm³/mol. The molecule has 1 aliphatic heterocycles. The van der Waals surface area contributed by atoms with Gasteiger partial charge in [-0.25, -0.2) is 9.37 Å². The molecule has 8 nitrogen and oxygen atoms in total. The number of nitrogen functional groups attached to an aromatic ring is 2. The number of anilines is 3. The number of alkyl halides is 3. The second-order valence-electron chi connectivity index (χ2n) is 7.80. The molecule has 3 heterocycles. The minimum atomic E-state index is -5.00. The van der Waals surface area contributed by atoms with Gasteiger partial charge in [0.1, 0.15) is 28.5 Å². The number of likely N-dealkylation sites (N-methyl/N-ethyl adjacent to an activating group) is 1. The largest absolute Gasteiger partial charge is 0.431 e. The fraction of sp³-hybridized carbons (Fsp3) is 0.381. The van der Waals surface area contributed by atoms with Crippen molar-refractivity contribution in [2.45, 2.75) is 26.1 Å². The van der Waals surface area contributed by atoms with Crippen LogP contribution in [0.3, 0.4) is 0 Å². The third-order valence-electron chi connectivity index (χ3n) is 5.90. The molecule has 1 saturated heterocycles. The Labute approximate surface area is 186 Å². The summed E-state index contributed by atoms with van der Waals surface area (Å²) in [6.45, 7) is 7.00. The molecule has 0 atom stereocenters. The molecule has 33 heavy (non-hydrogen) atoms. The highest BCUT2D eigenvalue weighted by Crippen LogP contribution is 2.35. The normalized spacial score (nSPS) is 14.8. The van der Waals surface area contributed by atoms with E-state index in [0.29, 0.717) is 19.2 Å². The molecule has 4 N–H and O–H groups in total. The molecule has 12 heteroatoms. The van der Waals surface area contributed by atoms with E-state index in [4.69, 9.17) is 11.5 Å². The van der Waals surface area contributed by atoms with Crippen LogP contribution in [0.1, 0.15) is 19.5 Å². The number of nitrogens with two attached hydrogens (primary N) is 2. The molecule has 176 valence electrons. The van der Waals surface area contributed by atoms with Crippen LogP contribution in [0.25, 0.3) is 16.6 Å². The SMILES string of the molecule is CCN(CC)C1CN(c2nc(N)c3cc(C(F)(F)F)n(-c4c(N)cccc4F)c(=O)c3n2)C1. The lowest BCUT2D eigenvalue weighted by Crippen LogP contribution is -2.60. The van der Waals surface area contributed by atoms with Gasteiger partial charge in [-0.1, -0.05) is 19.9 Å². The van der Waals surface area contributed by atoms with Crippen LogP contribution < -0.4 is 21.9 Å². The van der Waals surface area contributed by atoms with Crippen molar-refractivity contribution in [3.63, 3.8) is 0 Å². The quantitative estimate of drug-likeness (QED) is 0.441. The second-order valence-corrected chi connectivity index (χ2v) is 7.80. The van der Waals surface area contributed by atoms with E-state index in [0.717, 1.165) is 19.2 Å². The van der Waals surface area contributed by atoms with E-state index >= 15 is 0 Å². The minimum Gasteiger partial charge on any atom is -0.397 e. The van der Waals surface area contributed by atoms with Gasteiger partial charge in [0.15, 0.2) is 0 Å². The number of nitrogens with zero attached hydrogens (tertiary/aromatic N) is 5. The fourth-order valence-electron chi connectivity index (χ4n) is 4.13. The van der Waals surface area contributed by atoms with E-state index in [9.17, 15) is 22.4 Å². The Bertz CT molecular complexity index is 1240. The number of aromatic nitrogens is 3. The van der Waals surface area contributed by atoms with Crippen LogP contribution in [0.15, 0.2) is 29.1 Å². The van der Waals surface area contributed by atoms with E-state index in [2.05, 4.69) is 14.9 Å². The molecule has 4 rings (SSSR count). The van der Waals surface area contributed by atoms with E-state index in [-0.39, 0.29) is 39.0 Å². The van der Waals surface area contributed by atoms with Crippen LogP contribution in [0.2, 0.25) is 0 Å². The highest BCUT2D eigenvalue weighted by Gasteiger charge is 2.38. The van der Waals surface area contributed by atoms with Gasteiger partial charge in [-0.05, 0) is 31.3 Å². The van der Waals surface area contributed by atoms with Gasteiger partial charge in [-0.3, -0.25) is 14.3 Å². The monoisotopic (exact) mass is 465 g/mol. The van der Waals surface area contributed by atoms with Crippen LogP contribution in [-0.2, 0) is 6.18 Å². The first-order chi connectivity index (χ1) is 15.6. The van der Waals surface area contributed by atoms with Gasteiger partial charge in [0.05, 0.1) is 11.1 Å². The van der Waals surface area contributed by atoms with Crippen LogP contribution in [0.4, 0.5) is 35.0 Å². The summed E-state index contributed by atoms with van der Waals surface area (Å²) in [5.74, 6) is -1.21. The zero-order valence-corrected chi connectivity index (χ0v) is 18.0. The van der Waals surface area contributed by atoms with Gasteiger partial charge < -0.3 is 16.4 Å². The fourth-order valence-corrected chi connectivity index (χ4v) is 4.13. The molecule has 0 unspecified atom stereocenters. The van der Waals surface area contributed by atoms with Gasteiger partial charge in [0, 0.05) is 19.1 Å². The molecular formula is C21H23F4N7O. The van der Waals surface area contributed by atoms with Gasteiger partial charge in [-0.2, -0.15) is 18.2 Å². The number of para-hydroxylation sites is 1. The Hall–Kier alpha value is -3.41. The highest BCUT2D eigenvalue weighted by molar-refractivity contribution is 5.89. The smallest absolute Gasteiger partial charge is 0.397 e. The number of benzene rings is 1.